The van der Waals surface area contributed by atoms with Gasteiger partial charge in [-0.25, -0.2) is 9.55 Å². The Labute approximate surface area is 130 Å². The van der Waals surface area contributed by atoms with Crippen molar-refractivity contribution in [1.82, 2.24) is 14.0 Å². The van der Waals surface area contributed by atoms with E-state index in [4.69, 9.17) is 0 Å². The van der Waals surface area contributed by atoms with Crippen LogP contribution in [0.25, 0.3) is 5.69 Å². The molecular formula is C15H15F3N3O2+. The molecule has 0 saturated heterocycles. The predicted molar refractivity (Wildman–Crippen MR) is 79.8 cm³/mol. The van der Waals surface area contributed by atoms with E-state index in [0.717, 1.165) is 16.7 Å². The molecule has 0 radical (unpaired) electrons. The zero-order valence-electron chi connectivity index (χ0n) is 12.8. The first-order chi connectivity index (χ1) is 10.6. The molecule has 0 N–H and O–H groups in total. The van der Waals surface area contributed by atoms with Crippen LogP contribution >= 0.6 is 0 Å². The first-order valence-electron chi connectivity index (χ1n) is 6.62. The molecule has 0 aliphatic heterocycles. The van der Waals surface area contributed by atoms with Crippen molar-refractivity contribution in [2.45, 2.75) is 6.18 Å². The lowest BCUT2D eigenvalue weighted by Gasteiger charge is -2.26. The van der Waals surface area contributed by atoms with E-state index in [1.807, 2.05) is 0 Å². The minimum absolute atomic E-state index is 0.0263. The summed E-state index contributed by atoms with van der Waals surface area (Å²) in [6, 6.07) is 4.38. The van der Waals surface area contributed by atoms with Crippen molar-refractivity contribution < 1.29 is 18.0 Å². The summed E-state index contributed by atoms with van der Waals surface area (Å²) < 4.78 is 39.9. The summed E-state index contributed by atoms with van der Waals surface area (Å²) in [5.74, 6) is 0.347. The average Bonchev–Trinajstić information content (AvgIpc) is 2.45. The molecule has 8 heteroatoms. The van der Waals surface area contributed by atoms with Gasteiger partial charge >= 0.3 is 6.18 Å². The number of benzene rings is 1. The Balaban J connectivity index is 2.81. The lowest BCUT2D eigenvalue weighted by atomic mass is 10.2. The number of rotatable bonds is 3. The second-order valence-electron chi connectivity index (χ2n) is 5.82. The Bertz CT molecular complexity index is 805. The van der Waals surface area contributed by atoms with Crippen LogP contribution in [0.4, 0.5) is 19.0 Å². The van der Waals surface area contributed by atoms with Crippen molar-refractivity contribution in [3.8, 4) is 5.69 Å². The van der Waals surface area contributed by atoms with Gasteiger partial charge in [-0.2, -0.15) is 13.2 Å². The molecule has 122 valence electrons. The van der Waals surface area contributed by atoms with Gasteiger partial charge in [0.05, 0.1) is 32.4 Å². The second kappa shape index (κ2) is 5.62. The van der Waals surface area contributed by atoms with E-state index in [1.165, 1.54) is 18.3 Å². The van der Waals surface area contributed by atoms with Gasteiger partial charge in [-0.05, 0) is 18.2 Å². The summed E-state index contributed by atoms with van der Waals surface area (Å²) in [7, 11) is 5.21. The summed E-state index contributed by atoms with van der Waals surface area (Å²) in [6.45, 7) is 0. The van der Waals surface area contributed by atoms with E-state index in [-0.39, 0.29) is 22.2 Å². The van der Waals surface area contributed by atoms with Gasteiger partial charge in [0.1, 0.15) is 6.20 Å². The number of carbonyl (C=O) groups is 1. The second-order valence-corrected chi connectivity index (χ2v) is 5.82. The number of carbonyl (C=O) groups excluding carboxylic acids is 1. The summed E-state index contributed by atoms with van der Waals surface area (Å²) >= 11 is 0. The standard InChI is InChI=1S/C15H15F3N3O2/c1-21(2,3)13-8-19-12(9-22)14(23)20(13)11-6-4-5-10(7-11)15(16,17)18/h4-9H,1-3H3/q+1. The molecule has 0 atom stereocenters. The van der Waals surface area contributed by atoms with Gasteiger partial charge in [-0.3, -0.25) is 14.1 Å². The van der Waals surface area contributed by atoms with Crippen LogP contribution in [0.5, 0.6) is 0 Å². The SMILES string of the molecule is C[N+](C)(C)c1cnc(C=O)c(=O)n1-c1cccc(C(F)(F)F)c1. The van der Waals surface area contributed by atoms with Crippen LogP contribution in [0.1, 0.15) is 16.1 Å². The van der Waals surface area contributed by atoms with Crippen LogP contribution in [0.2, 0.25) is 0 Å². The Morgan fingerprint density at radius 2 is 1.87 bits per heavy atom. The largest absolute Gasteiger partial charge is 0.416 e. The van der Waals surface area contributed by atoms with Gasteiger partial charge in [-0.1, -0.05) is 6.07 Å². The third-order valence-corrected chi connectivity index (χ3v) is 3.20. The van der Waals surface area contributed by atoms with Gasteiger partial charge in [0, 0.05) is 0 Å². The zero-order chi connectivity index (χ0) is 17.4. The number of hydrogen-bond donors (Lipinski definition) is 0. The Morgan fingerprint density at radius 3 is 2.39 bits per heavy atom. The highest BCUT2D eigenvalue weighted by Crippen LogP contribution is 2.31. The van der Waals surface area contributed by atoms with Crippen molar-refractivity contribution in [1.29, 1.82) is 0 Å². The van der Waals surface area contributed by atoms with Gasteiger partial charge in [0.15, 0.2) is 12.0 Å². The van der Waals surface area contributed by atoms with Gasteiger partial charge in [0.25, 0.3) is 5.56 Å². The molecule has 1 aromatic carbocycles. The van der Waals surface area contributed by atoms with E-state index in [2.05, 4.69) is 4.98 Å². The lowest BCUT2D eigenvalue weighted by Crippen LogP contribution is -2.41. The Hall–Kier alpha value is -2.48. The fourth-order valence-electron chi connectivity index (χ4n) is 2.08. The number of alkyl halides is 3. The Kier molecular flexibility index (Phi) is 4.12. The summed E-state index contributed by atoms with van der Waals surface area (Å²) in [5, 5.41) is 0. The average molecular weight is 326 g/mol. The molecule has 0 aliphatic carbocycles. The monoisotopic (exact) mass is 326 g/mol. The predicted octanol–water partition coefficient (Wildman–Crippen LogP) is 2.26. The van der Waals surface area contributed by atoms with Crippen LogP contribution in [-0.2, 0) is 6.18 Å². The highest BCUT2D eigenvalue weighted by Gasteiger charge is 2.31. The summed E-state index contributed by atoms with van der Waals surface area (Å²) in [5.41, 5.74) is -1.97. The number of aromatic nitrogens is 2. The smallest absolute Gasteiger partial charge is 0.296 e. The van der Waals surface area contributed by atoms with E-state index >= 15 is 0 Å². The minimum Gasteiger partial charge on any atom is -0.296 e. The van der Waals surface area contributed by atoms with Crippen molar-refractivity contribution in [3.63, 3.8) is 0 Å². The van der Waals surface area contributed by atoms with Crippen molar-refractivity contribution >= 4 is 12.1 Å². The van der Waals surface area contributed by atoms with Crippen LogP contribution in [0.15, 0.2) is 35.3 Å². The maximum absolute atomic E-state index is 12.9. The topological polar surface area (TPSA) is 52.0 Å². The molecule has 0 fully saturated rings. The zero-order valence-corrected chi connectivity index (χ0v) is 12.8. The highest BCUT2D eigenvalue weighted by atomic mass is 19.4. The van der Waals surface area contributed by atoms with Crippen molar-refractivity contribution in [2.75, 3.05) is 21.1 Å². The van der Waals surface area contributed by atoms with E-state index in [0.29, 0.717) is 5.82 Å². The molecule has 1 heterocycles. The molecule has 0 bridgehead atoms. The molecule has 2 rings (SSSR count). The fraction of sp³-hybridized carbons (Fsp3) is 0.267. The molecule has 0 saturated carbocycles. The normalized spacial score (nSPS) is 12.3. The van der Waals surface area contributed by atoms with Crippen molar-refractivity contribution in [2.24, 2.45) is 0 Å². The molecule has 1 aromatic heterocycles. The molecule has 0 spiro atoms. The third-order valence-electron chi connectivity index (χ3n) is 3.20. The maximum Gasteiger partial charge on any atom is 0.416 e. The first-order valence-corrected chi connectivity index (χ1v) is 6.62. The molecule has 0 aliphatic rings. The third kappa shape index (κ3) is 3.31. The fourth-order valence-corrected chi connectivity index (χ4v) is 2.08. The summed E-state index contributed by atoms with van der Waals surface area (Å²) in [6.07, 6.45) is -2.94. The first kappa shape index (κ1) is 16.9. The van der Waals surface area contributed by atoms with Gasteiger partial charge < -0.3 is 0 Å². The lowest BCUT2D eigenvalue weighted by molar-refractivity contribution is -0.137. The van der Waals surface area contributed by atoms with Gasteiger partial charge in [-0.15, -0.1) is 0 Å². The Morgan fingerprint density at radius 1 is 1.22 bits per heavy atom. The highest BCUT2D eigenvalue weighted by molar-refractivity contribution is 5.71. The van der Waals surface area contributed by atoms with Crippen molar-refractivity contribution in [3.05, 3.63) is 52.1 Å². The summed E-state index contributed by atoms with van der Waals surface area (Å²) in [4.78, 5) is 27.1. The molecule has 0 unspecified atom stereocenters. The molecule has 2 aromatic rings. The number of quaternary nitrogens is 1. The number of nitrogens with zero attached hydrogens (tertiary/aromatic N) is 3. The van der Waals surface area contributed by atoms with E-state index in [1.54, 1.807) is 21.1 Å². The molecule has 0 amide bonds. The number of hydrogen-bond acceptors (Lipinski definition) is 3. The van der Waals surface area contributed by atoms with Crippen LogP contribution < -0.4 is 10.0 Å². The van der Waals surface area contributed by atoms with Crippen LogP contribution in [0.3, 0.4) is 0 Å². The maximum atomic E-state index is 12.9. The van der Waals surface area contributed by atoms with E-state index in [9.17, 15) is 22.8 Å². The quantitative estimate of drug-likeness (QED) is 0.642. The van der Waals surface area contributed by atoms with Crippen LogP contribution in [0, 0.1) is 0 Å². The van der Waals surface area contributed by atoms with Crippen LogP contribution in [-0.4, -0.2) is 37.0 Å². The van der Waals surface area contributed by atoms with Gasteiger partial charge in [0.2, 0.25) is 5.82 Å². The molecule has 23 heavy (non-hydrogen) atoms. The number of aldehydes is 1. The molecular weight excluding hydrogens is 311 g/mol. The van der Waals surface area contributed by atoms with E-state index < -0.39 is 17.3 Å². The molecule has 5 nitrogen and oxygen atoms in total. The minimum atomic E-state index is -4.53. The number of halogens is 3.